The zero-order chi connectivity index (χ0) is 18.1. The summed E-state index contributed by atoms with van der Waals surface area (Å²) in [5, 5.41) is 9.06. The largest absolute Gasteiger partial charge is 0.354 e. The summed E-state index contributed by atoms with van der Waals surface area (Å²) >= 11 is 0. The zero-order valence-electron chi connectivity index (χ0n) is 16.0. The van der Waals surface area contributed by atoms with Crippen LogP contribution in [0.3, 0.4) is 0 Å². The average Bonchev–Trinajstić information content (AvgIpc) is 2.41. The molecule has 6 heteroatoms. The fourth-order valence-corrected chi connectivity index (χ4v) is 1.79. The summed E-state index contributed by atoms with van der Waals surface area (Å²) in [4.78, 5) is 26.0. The molecule has 0 aromatic heterocycles. The first kappa shape index (κ1) is 21.9. The van der Waals surface area contributed by atoms with Crippen LogP contribution in [0.25, 0.3) is 0 Å². The van der Waals surface area contributed by atoms with Crippen molar-refractivity contribution in [3.05, 3.63) is 0 Å². The van der Waals surface area contributed by atoms with Crippen molar-refractivity contribution in [1.82, 2.24) is 20.9 Å². The second kappa shape index (κ2) is 9.88. The van der Waals surface area contributed by atoms with Crippen LogP contribution in [0.15, 0.2) is 0 Å². The quantitative estimate of drug-likeness (QED) is 0.586. The van der Waals surface area contributed by atoms with Gasteiger partial charge in [-0.05, 0) is 7.05 Å². The van der Waals surface area contributed by atoms with E-state index in [1.54, 1.807) is 0 Å². The molecule has 0 aliphatic heterocycles. The first-order valence-electron chi connectivity index (χ1n) is 8.42. The Morgan fingerprint density at radius 2 is 1.09 bits per heavy atom. The molecule has 0 bridgehead atoms. The highest BCUT2D eigenvalue weighted by Crippen LogP contribution is 2.12. The molecule has 0 aliphatic rings. The van der Waals surface area contributed by atoms with Gasteiger partial charge in [0.1, 0.15) is 0 Å². The Kier molecular flexibility index (Phi) is 9.39. The average molecular weight is 329 g/mol. The molecule has 23 heavy (non-hydrogen) atoms. The van der Waals surface area contributed by atoms with Crippen molar-refractivity contribution in [2.45, 2.75) is 41.5 Å². The van der Waals surface area contributed by atoms with Gasteiger partial charge in [0.05, 0.1) is 0 Å². The third-order valence-corrected chi connectivity index (χ3v) is 3.47. The second-order valence-electron chi connectivity index (χ2n) is 7.96. The van der Waals surface area contributed by atoms with Gasteiger partial charge in [-0.15, -0.1) is 0 Å². The number of hydrogen-bond donors (Lipinski definition) is 3. The normalized spacial score (nSPS) is 12.3. The Morgan fingerprint density at radius 1 is 0.739 bits per heavy atom. The van der Waals surface area contributed by atoms with E-state index < -0.39 is 0 Å². The molecule has 0 heterocycles. The smallest absolute Gasteiger partial charge is 0.225 e. The minimum Gasteiger partial charge on any atom is -0.354 e. The first-order chi connectivity index (χ1) is 10.5. The summed E-state index contributed by atoms with van der Waals surface area (Å²) in [6, 6.07) is 0. The summed E-state index contributed by atoms with van der Waals surface area (Å²) in [6.45, 7) is 16.0. The van der Waals surface area contributed by atoms with Crippen molar-refractivity contribution in [2.24, 2.45) is 10.8 Å². The highest BCUT2D eigenvalue weighted by Gasteiger charge is 2.21. The third kappa shape index (κ3) is 10.3. The molecule has 0 aromatic carbocycles. The maximum absolute atomic E-state index is 11.9. The van der Waals surface area contributed by atoms with Crippen LogP contribution in [0, 0.1) is 10.8 Å². The molecule has 6 nitrogen and oxygen atoms in total. The van der Waals surface area contributed by atoms with Gasteiger partial charge in [-0.1, -0.05) is 41.5 Å². The van der Waals surface area contributed by atoms with E-state index in [1.807, 2.05) is 48.6 Å². The Balaban J connectivity index is 4.21. The number of likely N-dealkylation sites (N-methyl/N-ethyl adjacent to an activating group) is 1. The van der Waals surface area contributed by atoms with Gasteiger partial charge in [-0.2, -0.15) is 0 Å². The molecule has 0 fully saturated rings. The third-order valence-electron chi connectivity index (χ3n) is 3.47. The summed E-state index contributed by atoms with van der Waals surface area (Å²) in [5.74, 6) is 0.124. The predicted molar refractivity (Wildman–Crippen MR) is 95.3 cm³/mol. The number of carbonyl (C=O) groups excluding carboxylic acids is 2. The van der Waals surface area contributed by atoms with Gasteiger partial charge in [0, 0.05) is 50.1 Å². The van der Waals surface area contributed by atoms with Crippen LogP contribution in [0.1, 0.15) is 41.5 Å². The van der Waals surface area contributed by atoms with Crippen LogP contribution in [0.5, 0.6) is 0 Å². The predicted octanol–water partition coefficient (Wildman–Crippen LogP) is 0.832. The van der Waals surface area contributed by atoms with Crippen molar-refractivity contribution < 1.29 is 9.59 Å². The van der Waals surface area contributed by atoms with Crippen LogP contribution < -0.4 is 16.0 Å². The van der Waals surface area contributed by atoms with Gasteiger partial charge in [-0.25, -0.2) is 0 Å². The lowest BCUT2D eigenvalue weighted by Gasteiger charge is -2.25. The molecular formula is C17H36N4O2. The molecule has 0 aromatic rings. The van der Waals surface area contributed by atoms with E-state index in [-0.39, 0.29) is 22.6 Å². The molecular weight excluding hydrogens is 292 g/mol. The fraction of sp³-hybridized carbons (Fsp3) is 0.882. The number of nitrogens with zero attached hydrogens (tertiary/aromatic N) is 1. The van der Waals surface area contributed by atoms with E-state index in [0.29, 0.717) is 13.1 Å². The SMILES string of the molecule is CNCCN(CCNC(=O)C(C)(C)C)CCNC(=O)C(C)(C)C. The van der Waals surface area contributed by atoms with Gasteiger partial charge in [-0.3, -0.25) is 14.5 Å². The maximum atomic E-state index is 11.9. The van der Waals surface area contributed by atoms with Crippen molar-refractivity contribution in [3.63, 3.8) is 0 Å². The molecule has 0 saturated carbocycles. The van der Waals surface area contributed by atoms with E-state index in [4.69, 9.17) is 0 Å². The number of amides is 2. The summed E-state index contributed by atoms with van der Waals surface area (Å²) in [7, 11) is 1.92. The van der Waals surface area contributed by atoms with E-state index in [9.17, 15) is 9.59 Å². The second-order valence-corrected chi connectivity index (χ2v) is 7.96. The molecule has 0 spiro atoms. The van der Waals surface area contributed by atoms with Crippen molar-refractivity contribution in [3.8, 4) is 0 Å². The molecule has 0 radical (unpaired) electrons. The van der Waals surface area contributed by atoms with Crippen LogP contribution in [0.4, 0.5) is 0 Å². The van der Waals surface area contributed by atoms with Crippen LogP contribution >= 0.6 is 0 Å². The van der Waals surface area contributed by atoms with Crippen molar-refractivity contribution in [2.75, 3.05) is 46.3 Å². The molecule has 0 atom stereocenters. The molecule has 0 aliphatic carbocycles. The molecule has 2 amide bonds. The summed E-state index contributed by atoms with van der Waals surface area (Å²) in [6.07, 6.45) is 0. The monoisotopic (exact) mass is 328 g/mol. The van der Waals surface area contributed by atoms with Crippen LogP contribution in [0.2, 0.25) is 0 Å². The number of hydrogen-bond acceptors (Lipinski definition) is 4. The Labute approximate surface area is 141 Å². The number of carbonyl (C=O) groups is 2. The van der Waals surface area contributed by atoms with E-state index in [0.717, 1.165) is 26.2 Å². The standard InChI is InChI=1S/C17H36N4O2/c1-16(2,3)14(22)19-9-12-21(11-8-18-7)13-10-20-15(23)17(4,5)6/h18H,8-13H2,1-7H3,(H,19,22)(H,20,23). The number of nitrogens with one attached hydrogen (secondary N) is 3. The van der Waals surface area contributed by atoms with Crippen LogP contribution in [-0.2, 0) is 9.59 Å². The lowest BCUT2D eigenvalue weighted by atomic mass is 9.96. The summed E-state index contributed by atoms with van der Waals surface area (Å²) < 4.78 is 0. The van der Waals surface area contributed by atoms with Crippen molar-refractivity contribution >= 4 is 11.8 Å². The topological polar surface area (TPSA) is 73.5 Å². The lowest BCUT2D eigenvalue weighted by Crippen LogP contribution is -2.45. The van der Waals surface area contributed by atoms with E-state index in [2.05, 4.69) is 20.9 Å². The van der Waals surface area contributed by atoms with Crippen LogP contribution in [-0.4, -0.2) is 63.0 Å². The van der Waals surface area contributed by atoms with Gasteiger partial charge in [0.15, 0.2) is 0 Å². The Morgan fingerprint density at radius 3 is 1.39 bits per heavy atom. The number of rotatable bonds is 9. The van der Waals surface area contributed by atoms with Gasteiger partial charge < -0.3 is 16.0 Å². The minimum absolute atomic E-state index is 0.0621. The minimum atomic E-state index is -0.365. The van der Waals surface area contributed by atoms with Gasteiger partial charge >= 0.3 is 0 Å². The molecule has 0 rings (SSSR count). The molecule has 0 saturated heterocycles. The first-order valence-corrected chi connectivity index (χ1v) is 8.42. The van der Waals surface area contributed by atoms with Gasteiger partial charge in [0.2, 0.25) is 11.8 Å². The highest BCUT2D eigenvalue weighted by atomic mass is 16.2. The molecule has 136 valence electrons. The van der Waals surface area contributed by atoms with Gasteiger partial charge in [0.25, 0.3) is 0 Å². The van der Waals surface area contributed by atoms with Crippen molar-refractivity contribution in [1.29, 1.82) is 0 Å². The maximum Gasteiger partial charge on any atom is 0.225 e. The fourth-order valence-electron chi connectivity index (χ4n) is 1.79. The summed E-state index contributed by atoms with van der Waals surface area (Å²) in [5.41, 5.74) is -0.729. The highest BCUT2D eigenvalue weighted by molar-refractivity contribution is 5.81. The lowest BCUT2D eigenvalue weighted by molar-refractivity contribution is -0.129. The van der Waals surface area contributed by atoms with E-state index >= 15 is 0 Å². The molecule has 3 N–H and O–H groups in total. The zero-order valence-corrected chi connectivity index (χ0v) is 16.0. The Hall–Kier alpha value is -1.14. The Bertz CT molecular complexity index is 338. The molecule has 0 unspecified atom stereocenters. The van der Waals surface area contributed by atoms with E-state index in [1.165, 1.54) is 0 Å².